The molecule has 0 amide bonds. The van der Waals surface area contributed by atoms with Gasteiger partial charge >= 0.3 is 0 Å². The number of hydrogen-bond acceptors (Lipinski definition) is 5. The van der Waals surface area contributed by atoms with Crippen molar-refractivity contribution in [2.24, 2.45) is 5.73 Å². The van der Waals surface area contributed by atoms with Crippen LogP contribution in [0.3, 0.4) is 0 Å². The average molecular weight is 289 g/mol. The Morgan fingerprint density at radius 1 is 1.32 bits per heavy atom. The number of rotatable bonds is 7. The van der Waals surface area contributed by atoms with E-state index in [0.717, 1.165) is 5.56 Å². The van der Waals surface area contributed by atoms with E-state index in [1.807, 2.05) is 6.07 Å². The van der Waals surface area contributed by atoms with Crippen LogP contribution in [0.1, 0.15) is 18.4 Å². The quantitative estimate of drug-likeness (QED) is 0.732. The second kappa shape index (κ2) is 6.74. The molecule has 0 aliphatic rings. The van der Waals surface area contributed by atoms with Crippen LogP contribution in [-0.2, 0) is 16.5 Å². The first kappa shape index (κ1) is 15.7. The van der Waals surface area contributed by atoms with E-state index < -0.39 is 15.5 Å². The summed E-state index contributed by atoms with van der Waals surface area (Å²) in [7, 11) is -1.03. The Hall–Kier alpha value is -1.31. The summed E-state index contributed by atoms with van der Waals surface area (Å²) in [6.45, 7) is 0. The molecule has 0 fully saturated rings. The van der Waals surface area contributed by atoms with Gasteiger partial charge in [-0.05, 0) is 30.9 Å². The first-order valence-corrected chi connectivity index (χ1v) is 7.31. The number of hydrogen-bond donors (Lipinski definition) is 2. The van der Waals surface area contributed by atoms with E-state index in [1.54, 1.807) is 26.4 Å². The molecule has 0 bridgehead atoms. The largest absolute Gasteiger partial charge is 0.497 e. The highest BCUT2D eigenvalue weighted by Gasteiger charge is 2.17. The molecule has 3 N–H and O–H groups in total. The number of benzene rings is 1. The van der Waals surface area contributed by atoms with Gasteiger partial charge in [-0.3, -0.25) is 4.55 Å². The van der Waals surface area contributed by atoms with Crippen molar-refractivity contribution < 1.29 is 22.4 Å². The fourth-order valence-electron chi connectivity index (χ4n) is 1.70. The van der Waals surface area contributed by atoms with Gasteiger partial charge in [0.15, 0.2) is 0 Å². The van der Waals surface area contributed by atoms with E-state index in [2.05, 4.69) is 0 Å². The van der Waals surface area contributed by atoms with E-state index in [1.165, 1.54) is 0 Å². The van der Waals surface area contributed by atoms with Crippen LogP contribution in [-0.4, -0.2) is 32.6 Å². The third-order valence-corrected chi connectivity index (χ3v) is 3.81. The zero-order valence-electron chi connectivity index (χ0n) is 11.0. The molecule has 1 unspecified atom stereocenters. The van der Waals surface area contributed by atoms with Crippen molar-refractivity contribution in [3.05, 3.63) is 23.8 Å². The molecule has 6 nitrogen and oxygen atoms in total. The summed E-state index contributed by atoms with van der Waals surface area (Å²) in [6.07, 6.45) is 1.33. The lowest BCUT2D eigenvalue weighted by Crippen LogP contribution is -2.29. The van der Waals surface area contributed by atoms with Gasteiger partial charge in [-0.25, -0.2) is 0 Å². The van der Waals surface area contributed by atoms with Gasteiger partial charge in [0.2, 0.25) is 0 Å². The smallest absolute Gasteiger partial charge is 0.280 e. The van der Waals surface area contributed by atoms with Gasteiger partial charge in [-0.15, -0.1) is 0 Å². The van der Waals surface area contributed by atoms with Crippen molar-refractivity contribution in [2.75, 3.05) is 14.2 Å². The lowest BCUT2D eigenvalue weighted by atomic mass is 10.1. The Balaban J connectivity index is 2.63. The molecule has 0 heterocycles. The Morgan fingerprint density at radius 3 is 2.53 bits per heavy atom. The first-order chi connectivity index (χ1) is 8.88. The summed E-state index contributed by atoms with van der Waals surface area (Å²) < 4.78 is 40.6. The molecule has 1 atom stereocenters. The highest BCUT2D eigenvalue weighted by molar-refractivity contribution is 7.86. The van der Waals surface area contributed by atoms with Gasteiger partial charge in [0.1, 0.15) is 16.9 Å². The Bertz CT molecular complexity index is 515. The Morgan fingerprint density at radius 2 is 2.00 bits per heavy atom. The van der Waals surface area contributed by atoms with E-state index in [-0.39, 0.29) is 6.42 Å². The maximum absolute atomic E-state index is 10.8. The fourth-order valence-corrected chi connectivity index (χ4v) is 2.17. The summed E-state index contributed by atoms with van der Waals surface area (Å²) in [4.78, 5) is 0. The third-order valence-electron chi connectivity index (χ3n) is 2.81. The molecule has 1 rings (SSSR count). The van der Waals surface area contributed by atoms with Crippen molar-refractivity contribution >= 4 is 10.1 Å². The lowest BCUT2D eigenvalue weighted by Gasteiger charge is -2.11. The Kier molecular flexibility index (Phi) is 5.59. The van der Waals surface area contributed by atoms with Crippen LogP contribution in [0.15, 0.2) is 18.2 Å². The summed E-state index contributed by atoms with van der Waals surface area (Å²) in [5.74, 6) is 1.37. The Labute approximate surface area is 113 Å². The lowest BCUT2D eigenvalue weighted by molar-refractivity contribution is 0.390. The van der Waals surface area contributed by atoms with Gasteiger partial charge < -0.3 is 15.2 Å². The molecule has 0 aromatic heterocycles. The standard InChI is InChI=1S/C12H19NO5S/c1-17-10-7-6-9(11(8-10)18-2)4-3-5-12(13)19(14,15)16/h6-8,12H,3-5,13H2,1-2H3,(H,14,15,16). The normalized spacial score (nSPS) is 13.1. The SMILES string of the molecule is COc1ccc(CCCC(N)S(=O)(=O)O)c(OC)c1. The first-order valence-electron chi connectivity index (χ1n) is 5.81. The van der Waals surface area contributed by atoms with Crippen molar-refractivity contribution in [3.8, 4) is 11.5 Å². The summed E-state index contributed by atoms with van der Waals surface area (Å²) in [5, 5.41) is -1.24. The minimum absolute atomic E-state index is 0.189. The van der Waals surface area contributed by atoms with Crippen LogP contribution in [0.5, 0.6) is 11.5 Å². The molecule has 0 spiro atoms. The van der Waals surface area contributed by atoms with Crippen LogP contribution in [0.4, 0.5) is 0 Å². The number of nitrogens with two attached hydrogens (primary N) is 1. The average Bonchev–Trinajstić information content (AvgIpc) is 2.37. The van der Waals surface area contributed by atoms with Crippen LogP contribution in [0.25, 0.3) is 0 Å². The molecule has 108 valence electrons. The molecule has 0 radical (unpaired) electrons. The zero-order valence-corrected chi connectivity index (χ0v) is 11.8. The van der Waals surface area contributed by atoms with Crippen LogP contribution >= 0.6 is 0 Å². The molecule has 0 aliphatic carbocycles. The number of methoxy groups -OCH3 is 2. The number of ether oxygens (including phenoxy) is 2. The molecule has 7 heteroatoms. The highest BCUT2D eigenvalue weighted by atomic mass is 32.2. The van der Waals surface area contributed by atoms with E-state index in [9.17, 15) is 8.42 Å². The summed E-state index contributed by atoms with van der Waals surface area (Å²) in [6, 6.07) is 5.43. The maximum atomic E-state index is 10.8. The van der Waals surface area contributed by atoms with Gasteiger partial charge in [0.05, 0.1) is 14.2 Å². The van der Waals surface area contributed by atoms with E-state index in [4.69, 9.17) is 19.8 Å². The summed E-state index contributed by atoms with van der Waals surface area (Å²) in [5.41, 5.74) is 6.28. The molecular weight excluding hydrogens is 270 g/mol. The maximum Gasteiger partial charge on any atom is 0.280 e. The molecule has 0 saturated heterocycles. The van der Waals surface area contributed by atoms with Crippen molar-refractivity contribution in [1.82, 2.24) is 0 Å². The number of aryl methyl sites for hydroxylation is 1. The molecule has 0 saturated carbocycles. The molecule has 19 heavy (non-hydrogen) atoms. The predicted molar refractivity (Wildman–Crippen MR) is 72.0 cm³/mol. The summed E-state index contributed by atoms with van der Waals surface area (Å²) >= 11 is 0. The molecular formula is C12H19NO5S. The van der Waals surface area contributed by atoms with Gasteiger partial charge in [-0.1, -0.05) is 6.07 Å². The van der Waals surface area contributed by atoms with Crippen LogP contribution in [0, 0.1) is 0 Å². The van der Waals surface area contributed by atoms with E-state index >= 15 is 0 Å². The predicted octanol–water partition coefficient (Wildman–Crippen LogP) is 1.20. The van der Waals surface area contributed by atoms with Crippen molar-refractivity contribution in [2.45, 2.75) is 24.6 Å². The molecule has 0 aliphatic heterocycles. The molecule has 1 aromatic rings. The van der Waals surface area contributed by atoms with E-state index in [0.29, 0.717) is 24.3 Å². The van der Waals surface area contributed by atoms with Crippen LogP contribution in [0.2, 0.25) is 0 Å². The van der Waals surface area contributed by atoms with Gasteiger partial charge in [0, 0.05) is 6.07 Å². The van der Waals surface area contributed by atoms with Crippen molar-refractivity contribution in [3.63, 3.8) is 0 Å². The minimum atomic E-state index is -4.16. The highest BCUT2D eigenvalue weighted by Crippen LogP contribution is 2.26. The second-order valence-corrected chi connectivity index (χ2v) is 5.76. The monoisotopic (exact) mass is 289 g/mol. The third kappa shape index (κ3) is 4.70. The minimum Gasteiger partial charge on any atom is -0.497 e. The fraction of sp³-hybridized carbons (Fsp3) is 0.500. The van der Waals surface area contributed by atoms with Gasteiger partial charge in [0.25, 0.3) is 10.1 Å². The van der Waals surface area contributed by atoms with Crippen LogP contribution < -0.4 is 15.2 Å². The molecule has 1 aromatic carbocycles. The zero-order chi connectivity index (χ0) is 14.5. The van der Waals surface area contributed by atoms with Gasteiger partial charge in [-0.2, -0.15) is 8.42 Å². The van der Waals surface area contributed by atoms with Crippen molar-refractivity contribution in [1.29, 1.82) is 0 Å². The topological polar surface area (TPSA) is 98.9 Å². The second-order valence-electron chi connectivity index (χ2n) is 4.12.